The highest BCUT2D eigenvalue weighted by atomic mass is 35.5. The number of benzene rings is 1. The maximum atomic E-state index is 15.4. The molecule has 5 heterocycles. The van der Waals surface area contributed by atoms with Crippen LogP contribution >= 0.6 is 11.6 Å². The van der Waals surface area contributed by atoms with Crippen LogP contribution in [0, 0.1) is 17.8 Å². The second kappa shape index (κ2) is 14.3. The number of carbonyl (C=O) groups is 3. The monoisotopic (exact) mass is 813 g/mol. The van der Waals surface area contributed by atoms with E-state index in [9.17, 15) is 14.7 Å². The van der Waals surface area contributed by atoms with Crippen LogP contribution in [0.3, 0.4) is 0 Å². The van der Waals surface area contributed by atoms with E-state index < -0.39 is 52.1 Å². The average molecular weight is 814 g/mol. The van der Waals surface area contributed by atoms with Crippen LogP contribution in [-0.4, -0.2) is 84.7 Å². The van der Waals surface area contributed by atoms with E-state index in [-0.39, 0.29) is 42.9 Å². The summed E-state index contributed by atoms with van der Waals surface area (Å²) in [5, 5.41) is 16.7. The van der Waals surface area contributed by atoms with Gasteiger partial charge < -0.3 is 29.4 Å². The third-order valence-corrected chi connectivity index (χ3v) is 13.1. The van der Waals surface area contributed by atoms with Gasteiger partial charge in [0, 0.05) is 35.9 Å². The van der Waals surface area contributed by atoms with Crippen molar-refractivity contribution in [3.63, 3.8) is 0 Å². The van der Waals surface area contributed by atoms with E-state index >= 15 is 4.79 Å². The van der Waals surface area contributed by atoms with Crippen molar-refractivity contribution < 1.29 is 38.4 Å². The summed E-state index contributed by atoms with van der Waals surface area (Å²) in [7, 11) is 0. The van der Waals surface area contributed by atoms with E-state index in [2.05, 4.69) is 41.4 Å². The molecule has 4 bridgehead atoms. The molecule has 58 heavy (non-hydrogen) atoms. The molecule has 1 saturated heterocycles. The number of esters is 1. The van der Waals surface area contributed by atoms with Gasteiger partial charge in [-0.3, -0.25) is 14.4 Å². The number of aromatic nitrogens is 3. The smallest absolute Gasteiger partial charge is 0.326 e. The van der Waals surface area contributed by atoms with Crippen LogP contribution in [0.2, 0.25) is 0 Å². The minimum Gasteiger partial charge on any atom is -0.482 e. The van der Waals surface area contributed by atoms with Gasteiger partial charge in [-0.2, -0.15) is 10.1 Å². The molecule has 7 atom stereocenters. The normalized spacial score (nSPS) is 30.1. The Morgan fingerprint density at radius 1 is 1.09 bits per heavy atom. The second-order valence-corrected chi connectivity index (χ2v) is 17.9. The number of ketones is 1. The van der Waals surface area contributed by atoms with Gasteiger partial charge in [-0.15, -0.1) is 11.6 Å². The highest BCUT2D eigenvalue weighted by molar-refractivity contribution is 6.26. The number of fused-ring (bicyclic) bond motifs is 4. The third-order valence-electron chi connectivity index (χ3n) is 12.9. The van der Waals surface area contributed by atoms with E-state index in [1.54, 1.807) is 17.7 Å². The number of aliphatic hydroxyl groups excluding tert-OH is 1. The number of alkyl halides is 1. The molecular formula is C44H52ClN5O8. The molecule has 13 nitrogen and oxygen atoms in total. The predicted octanol–water partition coefficient (Wildman–Crippen LogP) is 6.48. The molecule has 3 aliphatic carbocycles. The largest absolute Gasteiger partial charge is 0.482 e. The van der Waals surface area contributed by atoms with Crippen LogP contribution in [-0.2, 0) is 25.5 Å². The lowest BCUT2D eigenvalue weighted by Gasteiger charge is -2.64. The lowest BCUT2D eigenvalue weighted by atomic mass is 9.44. The van der Waals surface area contributed by atoms with Gasteiger partial charge in [0.2, 0.25) is 11.9 Å². The minimum atomic E-state index is -1.56. The minimum absolute atomic E-state index is 0.0424. The molecule has 9 rings (SSSR count). The summed E-state index contributed by atoms with van der Waals surface area (Å²) < 4.78 is 29.9. The zero-order valence-electron chi connectivity index (χ0n) is 34.4. The summed E-state index contributed by atoms with van der Waals surface area (Å²) in [5.74, 6) is -1.60. The lowest BCUT2D eigenvalue weighted by Crippen LogP contribution is -2.79. The van der Waals surface area contributed by atoms with Crippen molar-refractivity contribution in [3.05, 3.63) is 64.0 Å². The maximum Gasteiger partial charge on any atom is 0.326 e. The summed E-state index contributed by atoms with van der Waals surface area (Å²) >= 11 is 6.13. The lowest BCUT2D eigenvalue weighted by molar-refractivity contribution is -0.207. The predicted molar refractivity (Wildman–Crippen MR) is 218 cm³/mol. The quantitative estimate of drug-likeness (QED) is 0.0798. The number of rotatable bonds is 12. The summed E-state index contributed by atoms with van der Waals surface area (Å²) in [5.41, 5.74) is 0.494. The molecule has 2 aromatic rings. The van der Waals surface area contributed by atoms with Crippen molar-refractivity contribution in [3.8, 4) is 17.2 Å². The van der Waals surface area contributed by atoms with Gasteiger partial charge in [-0.05, 0) is 93.2 Å². The van der Waals surface area contributed by atoms with Crippen LogP contribution in [0.5, 0.6) is 17.2 Å². The van der Waals surface area contributed by atoms with Gasteiger partial charge in [0.1, 0.15) is 29.3 Å². The molecule has 4 aliphatic heterocycles. The molecule has 7 aliphatic rings. The van der Waals surface area contributed by atoms with Crippen LogP contribution in [0.4, 0.5) is 5.95 Å². The molecule has 0 radical (unpaired) electrons. The number of halogens is 1. The fraction of sp³-hybridized carbons (Fsp3) is 0.545. The second-order valence-electron chi connectivity index (χ2n) is 17.6. The van der Waals surface area contributed by atoms with Crippen molar-refractivity contribution in [2.24, 2.45) is 22.7 Å². The van der Waals surface area contributed by atoms with E-state index in [1.807, 2.05) is 46.8 Å². The third kappa shape index (κ3) is 5.93. The number of aliphatic hydroxyl groups is 1. The number of carbonyl (C=O) groups excluding carboxylic acids is 3. The number of allylic oxidation sites excluding steroid dienone is 4. The summed E-state index contributed by atoms with van der Waals surface area (Å²) in [4.78, 5) is 51.6. The van der Waals surface area contributed by atoms with Crippen molar-refractivity contribution >= 4 is 47.0 Å². The molecule has 1 spiro atoms. The molecule has 1 aromatic carbocycles. The first-order valence-electron chi connectivity index (χ1n) is 20.1. The van der Waals surface area contributed by atoms with Gasteiger partial charge >= 0.3 is 5.97 Å². The maximum absolute atomic E-state index is 15.4. The van der Waals surface area contributed by atoms with Crippen LogP contribution in [0.1, 0.15) is 104 Å². The number of ether oxygens (including phenoxy) is 4. The van der Waals surface area contributed by atoms with Crippen molar-refractivity contribution in [1.29, 1.82) is 0 Å². The first kappa shape index (κ1) is 40.2. The fourth-order valence-electron chi connectivity index (χ4n) is 10.4. The number of nitrogens with zero attached hydrogens (tertiary/aromatic N) is 4. The molecule has 1 aromatic heterocycles. The Bertz CT molecular complexity index is 2260. The number of amides is 1. The Balaban J connectivity index is 1.43. The highest BCUT2D eigenvalue weighted by Gasteiger charge is 2.86. The van der Waals surface area contributed by atoms with E-state index in [4.69, 9.17) is 35.5 Å². The van der Waals surface area contributed by atoms with Gasteiger partial charge in [0.05, 0.1) is 41.0 Å². The van der Waals surface area contributed by atoms with Crippen LogP contribution in [0.25, 0.3) is 6.08 Å². The first-order valence-corrected chi connectivity index (χ1v) is 20.7. The zero-order chi connectivity index (χ0) is 41.5. The van der Waals surface area contributed by atoms with Gasteiger partial charge in [0.25, 0.3) is 0 Å². The topological polar surface area (TPSA) is 163 Å². The number of Topliss-reactive ketones (excluding diaryl/α,β-unsaturated/α-hetero) is 1. The molecule has 1 amide bonds. The molecule has 14 heteroatoms. The molecule has 7 unspecified atom stereocenters. The zero-order valence-corrected chi connectivity index (χ0v) is 35.2. The Kier molecular flexibility index (Phi) is 9.91. The van der Waals surface area contributed by atoms with E-state index in [0.717, 1.165) is 17.6 Å². The standard InChI is InChI=1S/C44H52ClN5O8/c1-23(2)10-9-15-42(8)16-14-27-35(56-42)26(12-11-24(3)4)37-31(36(27)55-30(52)21-45)33-32-34(50-40(49-33)47-22-48-50)28-20-29-41(6,7)58-43(38(28)53,44(29,32)57-37)17-13-25(5)39(54)46-18-19-51/h10-11,13-14,16,22,28-29,32,34,51H,9,12,15,17-21H2,1-8H3,(H,46,54). The van der Waals surface area contributed by atoms with Gasteiger partial charge in [-0.25, -0.2) is 9.67 Å². The van der Waals surface area contributed by atoms with E-state index in [1.165, 1.54) is 11.9 Å². The summed E-state index contributed by atoms with van der Waals surface area (Å²) in [6, 6.07) is -0.538. The van der Waals surface area contributed by atoms with Gasteiger partial charge in [0.15, 0.2) is 22.7 Å². The Labute approximate surface area is 343 Å². The molecular weight excluding hydrogens is 762 g/mol. The molecule has 3 saturated carbocycles. The van der Waals surface area contributed by atoms with Crippen LogP contribution in [0.15, 0.2) is 52.3 Å². The Morgan fingerprint density at radius 3 is 2.55 bits per heavy atom. The number of nitrogens with one attached hydrogen (secondary N) is 1. The average Bonchev–Trinajstić information content (AvgIpc) is 3.70. The molecule has 4 fully saturated rings. The van der Waals surface area contributed by atoms with Crippen LogP contribution < -0.4 is 19.5 Å². The number of aliphatic imine (C=N–C) groups is 1. The number of hydrogen-bond donors (Lipinski definition) is 2. The molecule has 308 valence electrons. The first-order chi connectivity index (χ1) is 27.5. The van der Waals surface area contributed by atoms with Gasteiger partial charge in [-0.1, -0.05) is 29.4 Å². The van der Waals surface area contributed by atoms with Crippen molar-refractivity contribution in [1.82, 2.24) is 20.1 Å². The Hall–Kier alpha value is -4.59. The van der Waals surface area contributed by atoms with Crippen molar-refractivity contribution in [2.45, 2.75) is 116 Å². The summed E-state index contributed by atoms with van der Waals surface area (Å²) in [6.07, 6.45) is 13.8. The number of hydrogen-bond acceptors (Lipinski definition) is 11. The Morgan fingerprint density at radius 2 is 1.84 bits per heavy atom. The van der Waals surface area contributed by atoms with Crippen molar-refractivity contribution in [2.75, 3.05) is 19.0 Å². The molecule has 2 N–H and O–H groups in total. The van der Waals surface area contributed by atoms with E-state index in [0.29, 0.717) is 59.1 Å². The highest BCUT2D eigenvalue weighted by Crippen LogP contribution is 2.73. The SMILES string of the molecule is CC(C)=CCCC1(C)C=Cc2c(c(CC=C(C)C)c3c(c2OC(=O)CCl)C2=Nc4ncnn4C4C5CC6C(C)(C)OC(CC=C(C)C(=O)NCCO)(C5=O)C6(O3)C24)O1. The summed E-state index contributed by atoms with van der Waals surface area (Å²) in [6.45, 7) is 15.8. The fourth-order valence-corrected chi connectivity index (χ4v) is 10.5.